The zero-order chi connectivity index (χ0) is 15.7. The third-order valence-corrected chi connectivity index (χ3v) is 3.56. The quantitative estimate of drug-likeness (QED) is 0.864. The zero-order valence-corrected chi connectivity index (χ0v) is 13.5. The molecule has 1 aliphatic heterocycles. The van der Waals surface area contributed by atoms with Crippen molar-refractivity contribution < 1.29 is 14.3 Å². The molecule has 2 unspecified atom stereocenters. The molecule has 1 amide bonds. The number of ether oxygens (including phenoxy) is 2. The molecule has 21 heavy (non-hydrogen) atoms. The van der Waals surface area contributed by atoms with Gasteiger partial charge in [0.05, 0.1) is 12.6 Å². The molecule has 4 nitrogen and oxygen atoms in total. The highest BCUT2D eigenvalue weighted by atomic mass is 16.6. The number of nitrogens with one attached hydrogen (secondary N) is 1. The summed E-state index contributed by atoms with van der Waals surface area (Å²) in [5.41, 5.74) is 0.169. The Morgan fingerprint density at radius 1 is 1.29 bits per heavy atom. The number of benzene rings is 1. The number of epoxide rings is 1. The van der Waals surface area contributed by atoms with Crippen LogP contribution < -0.4 is 5.32 Å². The van der Waals surface area contributed by atoms with Crippen molar-refractivity contribution in [2.45, 2.75) is 51.9 Å². The van der Waals surface area contributed by atoms with Gasteiger partial charge in [-0.15, -0.1) is 0 Å². The molecule has 0 aromatic heterocycles. The van der Waals surface area contributed by atoms with Gasteiger partial charge in [0.2, 0.25) is 0 Å². The summed E-state index contributed by atoms with van der Waals surface area (Å²) in [4.78, 5) is 12.1. The minimum atomic E-state index is -0.504. The fourth-order valence-electron chi connectivity index (χ4n) is 2.58. The van der Waals surface area contributed by atoms with Crippen molar-refractivity contribution in [1.29, 1.82) is 0 Å². The Morgan fingerprint density at radius 2 is 1.86 bits per heavy atom. The van der Waals surface area contributed by atoms with Crippen molar-refractivity contribution in [3.63, 3.8) is 0 Å². The van der Waals surface area contributed by atoms with Gasteiger partial charge >= 0.3 is 6.09 Å². The normalized spacial score (nSPS) is 22.8. The van der Waals surface area contributed by atoms with Gasteiger partial charge in [-0.1, -0.05) is 44.2 Å². The second kappa shape index (κ2) is 5.68. The summed E-state index contributed by atoms with van der Waals surface area (Å²) in [6.45, 7) is 10.4. The minimum absolute atomic E-state index is 0.116. The Bertz CT molecular complexity index is 487. The Balaban J connectivity index is 2.15. The minimum Gasteiger partial charge on any atom is -0.444 e. The summed E-state index contributed by atoms with van der Waals surface area (Å²) < 4.78 is 11.1. The largest absolute Gasteiger partial charge is 0.444 e. The average Bonchev–Trinajstić information content (AvgIpc) is 3.16. The number of alkyl carbamates (subject to hydrolysis) is 1. The van der Waals surface area contributed by atoms with Crippen molar-refractivity contribution in [3.8, 4) is 0 Å². The van der Waals surface area contributed by atoms with E-state index in [-0.39, 0.29) is 12.0 Å². The summed E-state index contributed by atoms with van der Waals surface area (Å²) in [5.74, 6) is 0.236. The predicted octanol–water partition coefficient (Wildman–Crippen LogP) is 3.46. The molecular formula is C17H25NO3. The number of carbonyl (C=O) groups is 1. The molecule has 1 aromatic carbocycles. The molecule has 1 N–H and O–H groups in total. The predicted molar refractivity (Wildman–Crippen MR) is 82.1 cm³/mol. The van der Waals surface area contributed by atoms with Gasteiger partial charge < -0.3 is 14.8 Å². The molecule has 0 saturated carbocycles. The number of amides is 1. The molecule has 0 aliphatic carbocycles. The van der Waals surface area contributed by atoms with Gasteiger partial charge in [0.25, 0.3) is 0 Å². The molecule has 1 aliphatic rings. The van der Waals surface area contributed by atoms with Gasteiger partial charge in [0.1, 0.15) is 11.2 Å². The third-order valence-electron chi connectivity index (χ3n) is 3.56. The molecule has 2 rings (SSSR count). The Kier molecular flexibility index (Phi) is 4.28. The fourth-order valence-corrected chi connectivity index (χ4v) is 2.58. The van der Waals surface area contributed by atoms with E-state index in [2.05, 4.69) is 19.2 Å². The lowest BCUT2D eigenvalue weighted by Crippen LogP contribution is -2.49. The van der Waals surface area contributed by atoms with Crippen molar-refractivity contribution in [2.75, 3.05) is 6.61 Å². The molecule has 1 aromatic rings. The van der Waals surface area contributed by atoms with E-state index in [4.69, 9.17) is 9.47 Å². The van der Waals surface area contributed by atoms with E-state index in [1.54, 1.807) is 0 Å². The summed E-state index contributed by atoms with van der Waals surface area (Å²) in [6, 6.07) is 9.92. The van der Waals surface area contributed by atoms with Gasteiger partial charge in [-0.05, 0) is 32.3 Å². The maximum atomic E-state index is 12.1. The van der Waals surface area contributed by atoms with Crippen molar-refractivity contribution in [1.82, 2.24) is 5.32 Å². The first-order valence-corrected chi connectivity index (χ1v) is 7.43. The van der Waals surface area contributed by atoms with Gasteiger partial charge in [0, 0.05) is 0 Å². The van der Waals surface area contributed by atoms with E-state index < -0.39 is 17.3 Å². The third kappa shape index (κ3) is 3.76. The number of hydrogen-bond acceptors (Lipinski definition) is 3. The Labute approximate surface area is 126 Å². The lowest BCUT2D eigenvalue weighted by atomic mass is 9.85. The van der Waals surface area contributed by atoms with Gasteiger partial charge in [-0.25, -0.2) is 4.79 Å². The van der Waals surface area contributed by atoms with E-state index in [0.717, 1.165) is 5.56 Å². The average molecular weight is 291 g/mol. The number of carbonyl (C=O) groups excluding carboxylic acids is 1. The van der Waals surface area contributed by atoms with Gasteiger partial charge in [-0.2, -0.15) is 0 Å². The first kappa shape index (κ1) is 15.8. The molecule has 1 fully saturated rings. The second-order valence-electron chi connectivity index (χ2n) is 6.91. The smallest absolute Gasteiger partial charge is 0.407 e. The fraction of sp³-hybridized carbons (Fsp3) is 0.588. The maximum absolute atomic E-state index is 12.1. The molecular weight excluding hydrogens is 266 g/mol. The molecule has 2 atom stereocenters. The van der Waals surface area contributed by atoms with Crippen LogP contribution in [-0.2, 0) is 15.1 Å². The van der Waals surface area contributed by atoms with Gasteiger partial charge in [-0.3, -0.25) is 0 Å². The van der Waals surface area contributed by atoms with E-state index in [9.17, 15) is 4.79 Å². The van der Waals surface area contributed by atoms with Crippen LogP contribution in [0.2, 0.25) is 0 Å². The molecule has 0 spiro atoms. The topological polar surface area (TPSA) is 50.9 Å². The van der Waals surface area contributed by atoms with Crippen molar-refractivity contribution >= 4 is 6.09 Å². The van der Waals surface area contributed by atoms with Crippen LogP contribution in [0.25, 0.3) is 0 Å². The highest BCUT2D eigenvalue weighted by Gasteiger charge is 2.54. The van der Waals surface area contributed by atoms with Gasteiger partial charge in [0.15, 0.2) is 0 Å². The van der Waals surface area contributed by atoms with Crippen LogP contribution in [0.1, 0.15) is 40.2 Å². The van der Waals surface area contributed by atoms with E-state index in [1.807, 2.05) is 51.1 Å². The molecule has 0 bridgehead atoms. The molecule has 1 heterocycles. The van der Waals surface area contributed by atoms with Crippen molar-refractivity contribution in [3.05, 3.63) is 35.9 Å². The van der Waals surface area contributed by atoms with Crippen LogP contribution in [0, 0.1) is 5.92 Å². The molecule has 4 heteroatoms. The second-order valence-corrected chi connectivity index (χ2v) is 6.91. The maximum Gasteiger partial charge on any atom is 0.407 e. The SMILES string of the molecule is CC(C)C(NC(=O)OC(C)(C)C)C1(c2ccccc2)CO1. The Hall–Kier alpha value is -1.55. The standard InChI is InChI=1S/C17H25NO3/c1-12(2)14(18-15(19)21-16(3,4)5)17(11-20-17)13-9-7-6-8-10-13/h6-10,12,14H,11H2,1-5H3,(H,18,19). The zero-order valence-electron chi connectivity index (χ0n) is 13.5. The van der Waals surface area contributed by atoms with Crippen LogP contribution >= 0.6 is 0 Å². The summed E-state index contributed by atoms with van der Waals surface area (Å²) in [5, 5.41) is 2.99. The highest BCUT2D eigenvalue weighted by Crippen LogP contribution is 2.44. The summed E-state index contributed by atoms with van der Waals surface area (Å²) in [7, 11) is 0. The number of hydrogen-bond donors (Lipinski definition) is 1. The van der Waals surface area contributed by atoms with Crippen LogP contribution in [-0.4, -0.2) is 24.3 Å². The van der Waals surface area contributed by atoms with Crippen molar-refractivity contribution in [2.24, 2.45) is 5.92 Å². The molecule has 0 radical (unpaired) electrons. The van der Waals surface area contributed by atoms with Crippen LogP contribution in [0.4, 0.5) is 4.79 Å². The van der Waals surface area contributed by atoms with Crippen LogP contribution in [0.5, 0.6) is 0 Å². The first-order valence-electron chi connectivity index (χ1n) is 7.43. The molecule has 116 valence electrons. The number of rotatable bonds is 4. The monoisotopic (exact) mass is 291 g/mol. The lowest BCUT2D eigenvalue weighted by molar-refractivity contribution is 0.0445. The van der Waals surface area contributed by atoms with Crippen LogP contribution in [0.3, 0.4) is 0 Å². The first-order chi connectivity index (χ1) is 9.74. The van der Waals surface area contributed by atoms with E-state index >= 15 is 0 Å². The van der Waals surface area contributed by atoms with E-state index in [1.165, 1.54) is 0 Å². The summed E-state index contributed by atoms with van der Waals surface area (Å²) in [6.07, 6.45) is -0.396. The highest BCUT2D eigenvalue weighted by molar-refractivity contribution is 5.68. The Morgan fingerprint density at radius 3 is 2.29 bits per heavy atom. The van der Waals surface area contributed by atoms with Crippen LogP contribution in [0.15, 0.2) is 30.3 Å². The molecule has 1 saturated heterocycles. The lowest BCUT2D eigenvalue weighted by Gasteiger charge is -2.30. The summed E-state index contributed by atoms with van der Waals surface area (Å²) >= 11 is 0. The van der Waals surface area contributed by atoms with E-state index in [0.29, 0.717) is 6.61 Å².